The molecule has 0 aliphatic rings. The van der Waals surface area contributed by atoms with E-state index >= 15 is 0 Å². The first-order valence-corrected chi connectivity index (χ1v) is 7.06. The molecule has 0 unspecified atom stereocenters. The van der Waals surface area contributed by atoms with E-state index in [0.717, 1.165) is 10.2 Å². The van der Waals surface area contributed by atoms with Gasteiger partial charge in [-0.1, -0.05) is 32.0 Å². The fourth-order valence-electron chi connectivity index (χ4n) is 2.02. The first-order valence-electron chi connectivity index (χ1n) is 6.26. The third kappa shape index (κ3) is 3.07. The van der Waals surface area contributed by atoms with E-state index in [0.29, 0.717) is 17.4 Å². The van der Waals surface area contributed by atoms with Crippen molar-refractivity contribution in [1.29, 1.82) is 0 Å². The van der Waals surface area contributed by atoms with E-state index in [-0.39, 0.29) is 0 Å². The summed E-state index contributed by atoms with van der Waals surface area (Å²) in [5.41, 5.74) is 10.2. The van der Waals surface area contributed by atoms with E-state index in [1.807, 2.05) is 6.07 Å². The van der Waals surface area contributed by atoms with Gasteiger partial charge < -0.3 is 11.1 Å². The summed E-state index contributed by atoms with van der Waals surface area (Å²) in [4.78, 5) is 4.33. The van der Waals surface area contributed by atoms with Crippen LogP contribution in [0.1, 0.15) is 30.9 Å². The smallest absolute Gasteiger partial charge is 0.153 e. The van der Waals surface area contributed by atoms with Crippen molar-refractivity contribution in [3.05, 3.63) is 46.1 Å². The summed E-state index contributed by atoms with van der Waals surface area (Å²) in [5.74, 6) is 1.14. The second-order valence-corrected chi connectivity index (χ2v) is 5.83. The molecule has 2 aromatic rings. The first-order chi connectivity index (χ1) is 8.99. The predicted molar refractivity (Wildman–Crippen MR) is 84.9 cm³/mol. The third-order valence-corrected chi connectivity index (χ3v) is 3.49. The molecule has 2 rings (SSSR count). The van der Waals surface area contributed by atoms with Crippen LogP contribution in [0.25, 0.3) is 0 Å². The van der Waals surface area contributed by atoms with Crippen LogP contribution in [0.3, 0.4) is 0 Å². The monoisotopic (exact) mass is 319 g/mol. The highest BCUT2D eigenvalue weighted by Crippen LogP contribution is 2.31. The van der Waals surface area contributed by atoms with E-state index < -0.39 is 0 Å². The van der Waals surface area contributed by atoms with Crippen molar-refractivity contribution >= 4 is 33.1 Å². The van der Waals surface area contributed by atoms with Crippen molar-refractivity contribution in [2.75, 3.05) is 11.1 Å². The number of nitrogens with one attached hydrogen (secondary N) is 1. The molecule has 0 atom stereocenters. The van der Waals surface area contributed by atoms with Crippen molar-refractivity contribution in [2.24, 2.45) is 0 Å². The summed E-state index contributed by atoms with van der Waals surface area (Å²) in [7, 11) is 0. The average Bonchev–Trinajstić information content (AvgIpc) is 2.34. The number of anilines is 3. The summed E-state index contributed by atoms with van der Waals surface area (Å²) in [6.45, 7) is 6.44. The van der Waals surface area contributed by atoms with Crippen LogP contribution >= 0.6 is 15.9 Å². The number of nitrogens with zero attached hydrogens (tertiary/aromatic N) is 1. The molecule has 1 heterocycles. The highest BCUT2D eigenvalue weighted by Gasteiger charge is 2.11. The van der Waals surface area contributed by atoms with Crippen LogP contribution < -0.4 is 11.1 Å². The highest BCUT2D eigenvalue weighted by molar-refractivity contribution is 9.10. The fraction of sp³-hybridized carbons (Fsp3) is 0.267. The summed E-state index contributed by atoms with van der Waals surface area (Å²) >= 11 is 3.36. The third-order valence-electron chi connectivity index (χ3n) is 3.05. The molecule has 0 amide bonds. The van der Waals surface area contributed by atoms with Crippen molar-refractivity contribution in [1.82, 2.24) is 4.98 Å². The van der Waals surface area contributed by atoms with Crippen LogP contribution in [-0.2, 0) is 0 Å². The Morgan fingerprint density at radius 1 is 1.32 bits per heavy atom. The Balaban J connectivity index is 2.43. The molecule has 3 N–H and O–H groups in total. The van der Waals surface area contributed by atoms with Crippen LogP contribution in [0.4, 0.5) is 17.2 Å². The molecule has 0 fully saturated rings. The van der Waals surface area contributed by atoms with E-state index in [2.05, 4.69) is 65.2 Å². The first kappa shape index (κ1) is 13.9. The number of pyridine rings is 1. The van der Waals surface area contributed by atoms with E-state index in [4.69, 9.17) is 5.73 Å². The molecule has 3 nitrogen and oxygen atoms in total. The second kappa shape index (κ2) is 5.61. The molecule has 0 aliphatic carbocycles. The zero-order valence-corrected chi connectivity index (χ0v) is 13.0. The van der Waals surface area contributed by atoms with Gasteiger partial charge in [-0.15, -0.1) is 0 Å². The number of rotatable bonds is 3. The maximum Gasteiger partial charge on any atom is 0.153 e. The lowest BCUT2D eigenvalue weighted by molar-refractivity contribution is 0.867. The van der Waals surface area contributed by atoms with Gasteiger partial charge in [-0.05, 0) is 46.0 Å². The summed E-state index contributed by atoms with van der Waals surface area (Å²) in [6, 6.07) is 8.15. The molecule has 0 bridgehead atoms. The minimum atomic E-state index is 0.444. The highest BCUT2D eigenvalue weighted by atomic mass is 79.9. The number of aryl methyl sites for hydroxylation is 1. The average molecular weight is 320 g/mol. The minimum Gasteiger partial charge on any atom is -0.396 e. The lowest BCUT2D eigenvalue weighted by atomic mass is 9.98. The normalized spacial score (nSPS) is 10.8. The van der Waals surface area contributed by atoms with Crippen LogP contribution in [0, 0.1) is 6.92 Å². The van der Waals surface area contributed by atoms with Gasteiger partial charge in [0.2, 0.25) is 0 Å². The maximum absolute atomic E-state index is 5.99. The Hall–Kier alpha value is -1.55. The van der Waals surface area contributed by atoms with Gasteiger partial charge in [-0.3, -0.25) is 0 Å². The van der Waals surface area contributed by atoms with Gasteiger partial charge in [0, 0.05) is 16.4 Å². The number of hydrogen-bond donors (Lipinski definition) is 2. The summed E-state index contributed by atoms with van der Waals surface area (Å²) in [5, 5.41) is 3.36. The predicted octanol–water partition coefficient (Wildman–Crippen LogP) is 4.60. The Morgan fingerprint density at radius 3 is 2.68 bits per heavy atom. The van der Waals surface area contributed by atoms with Gasteiger partial charge in [-0.2, -0.15) is 0 Å². The second-order valence-electron chi connectivity index (χ2n) is 4.91. The van der Waals surface area contributed by atoms with E-state index in [9.17, 15) is 0 Å². The molecule has 0 aliphatic heterocycles. The molecular weight excluding hydrogens is 302 g/mol. The standard InChI is InChI=1S/C15H18BrN3/c1-9(2)12-6-4-5-10(3)14(12)19-15-13(17)7-11(16)8-18-15/h4-9H,17H2,1-3H3,(H,18,19). The van der Waals surface area contributed by atoms with Gasteiger partial charge in [0.05, 0.1) is 5.69 Å². The van der Waals surface area contributed by atoms with Gasteiger partial charge in [0.1, 0.15) is 0 Å². The van der Waals surface area contributed by atoms with Crippen LogP contribution in [0.15, 0.2) is 34.9 Å². The van der Waals surface area contributed by atoms with Crippen molar-refractivity contribution in [2.45, 2.75) is 26.7 Å². The molecule has 19 heavy (non-hydrogen) atoms. The largest absolute Gasteiger partial charge is 0.396 e. The Morgan fingerprint density at radius 2 is 2.05 bits per heavy atom. The van der Waals surface area contributed by atoms with Gasteiger partial charge in [0.25, 0.3) is 0 Å². The van der Waals surface area contributed by atoms with Crippen molar-refractivity contribution in [3.8, 4) is 0 Å². The Bertz CT molecular complexity index is 594. The topological polar surface area (TPSA) is 50.9 Å². The van der Waals surface area contributed by atoms with E-state index in [1.165, 1.54) is 11.1 Å². The molecular formula is C15H18BrN3. The Kier molecular flexibility index (Phi) is 4.10. The minimum absolute atomic E-state index is 0.444. The zero-order chi connectivity index (χ0) is 14.0. The van der Waals surface area contributed by atoms with Crippen molar-refractivity contribution in [3.63, 3.8) is 0 Å². The number of benzene rings is 1. The van der Waals surface area contributed by atoms with Crippen molar-refractivity contribution < 1.29 is 0 Å². The number of nitrogens with two attached hydrogens (primary N) is 1. The zero-order valence-electron chi connectivity index (χ0n) is 11.4. The number of para-hydroxylation sites is 1. The SMILES string of the molecule is Cc1cccc(C(C)C)c1Nc1ncc(Br)cc1N. The van der Waals surface area contributed by atoms with Crippen LogP contribution in [-0.4, -0.2) is 4.98 Å². The molecule has 100 valence electrons. The van der Waals surface area contributed by atoms with E-state index in [1.54, 1.807) is 6.20 Å². The quantitative estimate of drug-likeness (QED) is 0.869. The summed E-state index contributed by atoms with van der Waals surface area (Å²) < 4.78 is 0.879. The molecule has 0 saturated heterocycles. The molecule has 4 heteroatoms. The number of nitrogen functional groups attached to an aromatic ring is 1. The lowest BCUT2D eigenvalue weighted by Gasteiger charge is -2.17. The number of halogens is 1. The lowest BCUT2D eigenvalue weighted by Crippen LogP contribution is -2.04. The number of aromatic nitrogens is 1. The molecule has 1 aromatic carbocycles. The van der Waals surface area contributed by atoms with Gasteiger partial charge >= 0.3 is 0 Å². The maximum atomic E-state index is 5.99. The number of hydrogen-bond acceptors (Lipinski definition) is 3. The summed E-state index contributed by atoms with van der Waals surface area (Å²) in [6.07, 6.45) is 1.74. The molecule has 0 radical (unpaired) electrons. The fourth-order valence-corrected chi connectivity index (χ4v) is 2.37. The molecule has 0 spiro atoms. The van der Waals surface area contributed by atoms with Gasteiger partial charge in [0.15, 0.2) is 5.82 Å². The molecule has 1 aromatic heterocycles. The molecule has 0 saturated carbocycles. The van der Waals surface area contributed by atoms with Crippen LogP contribution in [0.2, 0.25) is 0 Å². The van der Waals surface area contributed by atoms with Crippen LogP contribution in [0.5, 0.6) is 0 Å². The van der Waals surface area contributed by atoms with Gasteiger partial charge in [-0.25, -0.2) is 4.98 Å². The Labute approximate surface area is 122 Å².